The summed E-state index contributed by atoms with van der Waals surface area (Å²) in [6, 6.07) is 19.0. The molecule has 2 aromatic heterocycles. The molecule has 1 atom stereocenters. The summed E-state index contributed by atoms with van der Waals surface area (Å²) in [4.78, 5) is 15.7. The number of carbonyl (C=O) groups is 1. The third-order valence-corrected chi connectivity index (χ3v) is 6.45. The molecule has 1 amide bonds. The molecule has 3 heterocycles. The minimum Gasteiger partial charge on any atom is -0.305 e. The van der Waals surface area contributed by atoms with E-state index in [9.17, 15) is 18.0 Å². The summed E-state index contributed by atoms with van der Waals surface area (Å²) in [7, 11) is 0. The van der Waals surface area contributed by atoms with Crippen LogP contribution in [0.2, 0.25) is 0 Å². The molecular formula is C24H18F3N3OS. The Morgan fingerprint density at radius 1 is 1.06 bits per heavy atom. The molecule has 162 valence electrons. The molecule has 5 rings (SSSR count). The number of benzene rings is 2. The first-order valence-electron chi connectivity index (χ1n) is 10.1. The highest BCUT2D eigenvalue weighted by Crippen LogP contribution is 2.36. The van der Waals surface area contributed by atoms with Gasteiger partial charge in [-0.3, -0.25) is 4.79 Å². The highest BCUT2D eigenvalue weighted by atomic mass is 32.1. The minimum absolute atomic E-state index is 0.0328. The molecule has 1 aliphatic heterocycles. The number of hydrogen-bond donors (Lipinski definition) is 0. The molecule has 0 radical (unpaired) electrons. The van der Waals surface area contributed by atoms with E-state index in [-0.39, 0.29) is 11.9 Å². The molecule has 0 saturated carbocycles. The van der Waals surface area contributed by atoms with Crippen molar-refractivity contribution < 1.29 is 18.0 Å². The van der Waals surface area contributed by atoms with Crippen molar-refractivity contribution in [3.8, 4) is 16.3 Å². The van der Waals surface area contributed by atoms with Crippen molar-refractivity contribution in [1.29, 1.82) is 0 Å². The zero-order chi connectivity index (χ0) is 22.5. The molecule has 1 unspecified atom stereocenters. The van der Waals surface area contributed by atoms with Crippen LogP contribution in [-0.4, -0.2) is 21.7 Å². The average molecular weight is 453 g/mol. The summed E-state index contributed by atoms with van der Waals surface area (Å²) >= 11 is 1.34. The van der Waals surface area contributed by atoms with E-state index in [1.807, 2.05) is 31.2 Å². The number of nitrogens with zero attached hydrogens (tertiary/aromatic N) is 3. The van der Waals surface area contributed by atoms with Crippen molar-refractivity contribution in [2.24, 2.45) is 0 Å². The predicted octanol–water partition coefficient (Wildman–Crippen LogP) is 6.21. The zero-order valence-electron chi connectivity index (χ0n) is 17.0. The molecule has 0 N–H and O–H groups in total. The van der Waals surface area contributed by atoms with Gasteiger partial charge in [0.15, 0.2) is 5.69 Å². The molecule has 4 nitrogen and oxygen atoms in total. The molecule has 0 saturated heterocycles. The molecule has 0 bridgehead atoms. The van der Waals surface area contributed by atoms with Crippen molar-refractivity contribution in [3.63, 3.8) is 0 Å². The van der Waals surface area contributed by atoms with Crippen LogP contribution in [0, 0.1) is 0 Å². The summed E-state index contributed by atoms with van der Waals surface area (Å²) in [6.07, 6.45) is -3.76. The molecule has 32 heavy (non-hydrogen) atoms. The first-order valence-corrected chi connectivity index (χ1v) is 10.9. The topological polar surface area (TPSA) is 38.1 Å². The fourth-order valence-electron chi connectivity index (χ4n) is 4.08. The lowest BCUT2D eigenvalue weighted by molar-refractivity contribution is -0.141. The maximum atomic E-state index is 13.3. The number of aromatic nitrogens is 2. The SMILES string of the molecule is CC1Cc2ccccc2N1C(=O)c1ccc(-n2nc(C(F)(F)F)cc2-c2cccs2)cc1. The van der Waals surface area contributed by atoms with Crippen molar-refractivity contribution in [2.45, 2.75) is 25.6 Å². The zero-order valence-corrected chi connectivity index (χ0v) is 17.8. The van der Waals surface area contributed by atoms with E-state index in [0.29, 0.717) is 21.8 Å². The van der Waals surface area contributed by atoms with Gasteiger partial charge in [0.25, 0.3) is 5.91 Å². The second-order valence-corrected chi connectivity index (χ2v) is 8.65. The third kappa shape index (κ3) is 3.50. The number of para-hydroxylation sites is 1. The van der Waals surface area contributed by atoms with Crippen molar-refractivity contribution in [1.82, 2.24) is 9.78 Å². The second kappa shape index (κ2) is 7.63. The summed E-state index contributed by atoms with van der Waals surface area (Å²) in [6.45, 7) is 2.00. The molecule has 1 aliphatic rings. The van der Waals surface area contributed by atoms with E-state index in [2.05, 4.69) is 5.10 Å². The first kappa shape index (κ1) is 20.5. The molecular weight excluding hydrogens is 435 g/mol. The fraction of sp³-hybridized carbons (Fsp3) is 0.167. The molecule has 2 aromatic carbocycles. The first-order chi connectivity index (χ1) is 15.3. The number of carbonyl (C=O) groups excluding carboxylic acids is 1. The quantitative estimate of drug-likeness (QED) is 0.370. The van der Waals surface area contributed by atoms with Gasteiger partial charge in [0.05, 0.1) is 16.3 Å². The van der Waals surface area contributed by atoms with E-state index in [1.54, 1.807) is 46.7 Å². The Labute approximate surface area is 186 Å². The lowest BCUT2D eigenvalue weighted by atomic mass is 10.1. The molecule has 8 heteroatoms. The normalized spacial score (nSPS) is 15.8. The number of hydrogen-bond acceptors (Lipinski definition) is 3. The van der Waals surface area contributed by atoms with Crippen LogP contribution in [-0.2, 0) is 12.6 Å². The monoisotopic (exact) mass is 453 g/mol. The number of rotatable bonds is 3. The molecule has 0 fully saturated rings. The van der Waals surface area contributed by atoms with Crippen LogP contribution in [0.3, 0.4) is 0 Å². The highest BCUT2D eigenvalue weighted by molar-refractivity contribution is 7.13. The van der Waals surface area contributed by atoms with Gasteiger partial charge in [0, 0.05) is 17.3 Å². The van der Waals surface area contributed by atoms with Gasteiger partial charge in [-0.25, -0.2) is 4.68 Å². The van der Waals surface area contributed by atoms with Gasteiger partial charge < -0.3 is 4.90 Å². The Morgan fingerprint density at radius 2 is 1.81 bits per heavy atom. The largest absolute Gasteiger partial charge is 0.435 e. The third-order valence-electron chi connectivity index (χ3n) is 5.56. The summed E-state index contributed by atoms with van der Waals surface area (Å²) in [5, 5.41) is 5.61. The van der Waals surface area contributed by atoms with E-state index in [4.69, 9.17) is 0 Å². The lowest BCUT2D eigenvalue weighted by Gasteiger charge is -2.23. The highest BCUT2D eigenvalue weighted by Gasteiger charge is 2.35. The van der Waals surface area contributed by atoms with Crippen LogP contribution in [0.25, 0.3) is 16.3 Å². The van der Waals surface area contributed by atoms with Crippen LogP contribution >= 0.6 is 11.3 Å². The summed E-state index contributed by atoms with van der Waals surface area (Å²) < 4.78 is 41.2. The number of anilines is 1. The second-order valence-electron chi connectivity index (χ2n) is 7.71. The molecule has 0 spiro atoms. The lowest BCUT2D eigenvalue weighted by Crippen LogP contribution is -2.35. The number of halogens is 3. The summed E-state index contributed by atoms with van der Waals surface area (Å²) in [5.74, 6) is -0.135. The van der Waals surface area contributed by atoms with Crippen LogP contribution in [0.4, 0.5) is 18.9 Å². The van der Waals surface area contributed by atoms with Gasteiger partial charge in [-0.2, -0.15) is 18.3 Å². The van der Waals surface area contributed by atoms with Crippen molar-refractivity contribution >= 4 is 22.9 Å². The maximum absolute atomic E-state index is 13.3. The number of thiophene rings is 1. The standard InChI is InChI=1S/C24H18F3N3OS/c1-15-13-17-5-2-3-6-19(17)29(15)23(31)16-8-10-18(11-9-16)30-20(21-7-4-12-32-21)14-22(28-30)24(25,26)27/h2-12,14-15H,13H2,1H3. The van der Waals surface area contributed by atoms with Gasteiger partial charge >= 0.3 is 6.18 Å². The Hall–Kier alpha value is -3.39. The summed E-state index contributed by atoms with van der Waals surface area (Å²) in [5.41, 5.74) is 2.35. The van der Waals surface area contributed by atoms with E-state index in [1.165, 1.54) is 16.0 Å². The van der Waals surface area contributed by atoms with E-state index >= 15 is 0 Å². The number of amides is 1. The van der Waals surface area contributed by atoms with Crippen molar-refractivity contribution in [3.05, 3.63) is 88.9 Å². The minimum atomic E-state index is -4.55. The number of alkyl halides is 3. The van der Waals surface area contributed by atoms with Gasteiger partial charge in [0.1, 0.15) is 0 Å². The number of fused-ring (bicyclic) bond motifs is 1. The maximum Gasteiger partial charge on any atom is 0.435 e. The average Bonchev–Trinajstić information content (AvgIpc) is 3.50. The van der Waals surface area contributed by atoms with Crippen LogP contribution < -0.4 is 4.90 Å². The van der Waals surface area contributed by atoms with Crippen LogP contribution in [0.5, 0.6) is 0 Å². The van der Waals surface area contributed by atoms with Gasteiger partial charge in [-0.1, -0.05) is 24.3 Å². The van der Waals surface area contributed by atoms with Crippen molar-refractivity contribution in [2.75, 3.05) is 4.90 Å². The smallest absolute Gasteiger partial charge is 0.305 e. The molecule has 0 aliphatic carbocycles. The van der Waals surface area contributed by atoms with Gasteiger partial charge in [-0.15, -0.1) is 11.3 Å². The van der Waals surface area contributed by atoms with Crippen LogP contribution in [0.1, 0.15) is 28.5 Å². The van der Waals surface area contributed by atoms with E-state index < -0.39 is 11.9 Å². The Balaban J connectivity index is 1.50. The van der Waals surface area contributed by atoms with E-state index in [0.717, 1.165) is 23.7 Å². The van der Waals surface area contributed by atoms with Gasteiger partial charge in [0.2, 0.25) is 0 Å². The van der Waals surface area contributed by atoms with Crippen LogP contribution in [0.15, 0.2) is 72.1 Å². The Kier molecular flexibility index (Phi) is 4.89. The molecule has 4 aromatic rings. The Morgan fingerprint density at radius 3 is 2.50 bits per heavy atom. The fourth-order valence-corrected chi connectivity index (χ4v) is 4.80. The van der Waals surface area contributed by atoms with Gasteiger partial charge in [-0.05, 0) is 66.8 Å². The Bertz CT molecular complexity index is 1280. The predicted molar refractivity (Wildman–Crippen MR) is 118 cm³/mol.